The second-order valence-electron chi connectivity index (χ2n) is 7.98. The van der Waals surface area contributed by atoms with E-state index in [1.54, 1.807) is 0 Å². The second kappa shape index (κ2) is 9.58. The van der Waals surface area contributed by atoms with E-state index in [9.17, 15) is 0 Å². The van der Waals surface area contributed by atoms with Gasteiger partial charge in [0.2, 0.25) is 0 Å². The molecular weight excluding hydrogens is 376 g/mol. The minimum Gasteiger partial charge on any atom is -0.300 e. The second-order valence-corrected chi connectivity index (χ2v) is 8.42. The maximum atomic E-state index is 6.14. The summed E-state index contributed by atoms with van der Waals surface area (Å²) >= 11 is 6.14. The van der Waals surface area contributed by atoms with Crippen molar-refractivity contribution in [1.29, 1.82) is 0 Å². The molecule has 0 amide bonds. The Kier molecular flexibility index (Phi) is 6.66. The van der Waals surface area contributed by atoms with Gasteiger partial charge in [-0.2, -0.15) is 0 Å². The van der Waals surface area contributed by atoms with Crippen LogP contribution in [0.5, 0.6) is 0 Å². The van der Waals surface area contributed by atoms with Gasteiger partial charge in [0.25, 0.3) is 0 Å². The maximum absolute atomic E-state index is 6.14. The highest BCUT2D eigenvalue weighted by Gasteiger charge is 2.26. The quantitative estimate of drug-likeness (QED) is 0.527. The van der Waals surface area contributed by atoms with Crippen LogP contribution in [0.25, 0.3) is 0 Å². The summed E-state index contributed by atoms with van der Waals surface area (Å²) in [5.41, 5.74) is 5.45. The molecule has 1 fully saturated rings. The number of benzene rings is 3. The lowest BCUT2D eigenvalue weighted by atomic mass is 9.96. The highest BCUT2D eigenvalue weighted by molar-refractivity contribution is 6.30. The molecule has 0 N–H and O–H groups in total. The van der Waals surface area contributed by atoms with Crippen LogP contribution in [0.15, 0.2) is 78.9 Å². The predicted octanol–water partition coefficient (Wildman–Crippen LogP) is 5.60. The fourth-order valence-electron chi connectivity index (χ4n) is 4.29. The van der Waals surface area contributed by atoms with Crippen molar-refractivity contribution in [2.75, 3.05) is 32.7 Å². The van der Waals surface area contributed by atoms with Crippen molar-refractivity contribution in [3.63, 3.8) is 0 Å². The number of nitrogens with zero attached hydrogens (tertiary/aromatic N) is 2. The van der Waals surface area contributed by atoms with E-state index >= 15 is 0 Å². The fourth-order valence-corrected chi connectivity index (χ4v) is 4.42. The van der Waals surface area contributed by atoms with Crippen molar-refractivity contribution in [2.24, 2.45) is 0 Å². The molecule has 1 atom stereocenters. The summed E-state index contributed by atoms with van der Waals surface area (Å²) in [6.45, 7) is 7.69. The van der Waals surface area contributed by atoms with Crippen LogP contribution in [0, 0.1) is 6.92 Å². The third kappa shape index (κ3) is 5.27. The van der Waals surface area contributed by atoms with Gasteiger partial charge >= 0.3 is 0 Å². The molecule has 1 saturated heterocycles. The molecule has 150 valence electrons. The Morgan fingerprint density at radius 3 is 2.17 bits per heavy atom. The number of hydrogen-bond donors (Lipinski definition) is 0. The Bertz CT molecular complexity index is 900. The maximum Gasteiger partial charge on any atom is 0.0602 e. The monoisotopic (exact) mass is 404 g/mol. The van der Waals surface area contributed by atoms with Crippen molar-refractivity contribution >= 4 is 11.6 Å². The summed E-state index contributed by atoms with van der Waals surface area (Å²) < 4.78 is 0. The molecular formula is C26H29ClN2. The van der Waals surface area contributed by atoms with Gasteiger partial charge in [0.1, 0.15) is 0 Å². The standard InChI is InChI=1S/C26H29ClN2/c1-21-6-5-7-22(20-21)14-15-28-16-18-29(19-17-28)26(23-8-3-2-4-9-23)24-10-12-25(27)13-11-24/h2-13,20,26H,14-19H2,1H3. The first kappa shape index (κ1) is 20.2. The van der Waals surface area contributed by atoms with Gasteiger partial charge in [-0.3, -0.25) is 4.90 Å². The largest absolute Gasteiger partial charge is 0.300 e. The number of rotatable bonds is 6. The Hall–Kier alpha value is -2.13. The zero-order valence-corrected chi connectivity index (χ0v) is 17.9. The fraction of sp³-hybridized carbons (Fsp3) is 0.308. The summed E-state index contributed by atoms with van der Waals surface area (Å²) in [5, 5.41) is 0.793. The van der Waals surface area contributed by atoms with Gasteiger partial charge in [-0.1, -0.05) is 83.9 Å². The highest BCUT2D eigenvalue weighted by atomic mass is 35.5. The molecule has 0 bridgehead atoms. The van der Waals surface area contributed by atoms with Crippen molar-refractivity contribution in [3.8, 4) is 0 Å². The van der Waals surface area contributed by atoms with Gasteiger partial charge in [-0.25, -0.2) is 0 Å². The van der Waals surface area contributed by atoms with Crippen LogP contribution >= 0.6 is 11.6 Å². The number of piperazine rings is 1. The molecule has 4 rings (SSSR count). The molecule has 3 aromatic rings. The molecule has 1 aliphatic heterocycles. The van der Waals surface area contributed by atoms with E-state index in [2.05, 4.69) is 83.5 Å². The molecule has 3 aromatic carbocycles. The molecule has 0 aliphatic carbocycles. The molecule has 1 unspecified atom stereocenters. The van der Waals surface area contributed by atoms with E-state index in [-0.39, 0.29) is 6.04 Å². The predicted molar refractivity (Wildman–Crippen MR) is 123 cm³/mol. The van der Waals surface area contributed by atoms with Gasteiger partial charge in [0.05, 0.1) is 6.04 Å². The molecule has 3 heteroatoms. The summed E-state index contributed by atoms with van der Waals surface area (Å²) in [5.74, 6) is 0. The van der Waals surface area contributed by atoms with Gasteiger partial charge in [-0.05, 0) is 42.2 Å². The van der Waals surface area contributed by atoms with E-state index in [0.29, 0.717) is 0 Å². The van der Waals surface area contributed by atoms with Gasteiger partial charge in [-0.15, -0.1) is 0 Å². The first-order valence-electron chi connectivity index (χ1n) is 10.5. The molecule has 0 saturated carbocycles. The van der Waals surface area contributed by atoms with E-state index < -0.39 is 0 Å². The third-order valence-electron chi connectivity index (χ3n) is 5.87. The first-order valence-corrected chi connectivity index (χ1v) is 10.9. The minimum atomic E-state index is 0.285. The molecule has 0 spiro atoms. The zero-order chi connectivity index (χ0) is 20.1. The van der Waals surface area contributed by atoms with E-state index in [1.165, 1.54) is 22.3 Å². The van der Waals surface area contributed by atoms with Gasteiger partial charge in [0, 0.05) is 37.7 Å². The van der Waals surface area contributed by atoms with E-state index in [4.69, 9.17) is 11.6 Å². The van der Waals surface area contributed by atoms with Crippen molar-refractivity contribution in [1.82, 2.24) is 9.80 Å². The lowest BCUT2D eigenvalue weighted by molar-refractivity contribution is 0.110. The smallest absolute Gasteiger partial charge is 0.0602 e. The van der Waals surface area contributed by atoms with Crippen LogP contribution in [0.1, 0.15) is 28.3 Å². The van der Waals surface area contributed by atoms with Gasteiger partial charge in [0.15, 0.2) is 0 Å². The Labute approximate surface area is 179 Å². The average molecular weight is 405 g/mol. The van der Waals surface area contributed by atoms with E-state index in [1.807, 2.05) is 12.1 Å². The summed E-state index contributed by atoms with van der Waals surface area (Å²) in [6.07, 6.45) is 1.13. The summed E-state index contributed by atoms with van der Waals surface area (Å²) in [4.78, 5) is 5.21. The SMILES string of the molecule is Cc1cccc(CCN2CCN(C(c3ccccc3)c3ccc(Cl)cc3)CC2)c1. The minimum absolute atomic E-state index is 0.285. The molecule has 1 aliphatic rings. The molecule has 29 heavy (non-hydrogen) atoms. The van der Waals surface area contributed by atoms with Crippen LogP contribution < -0.4 is 0 Å². The summed E-state index contributed by atoms with van der Waals surface area (Å²) in [7, 11) is 0. The van der Waals surface area contributed by atoms with Crippen LogP contribution in [0.2, 0.25) is 5.02 Å². The number of halogens is 1. The van der Waals surface area contributed by atoms with Gasteiger partial charge < -0.3 is 4.90 Å². The Balaban J connectivity index is 1.42. The highest BCUT2D eigenvalue weighted by Crippen LogP contribution is 2.30. The molecule has 1 heterocycles. The Morgan fingerprint density at radius 1 is 0.793 bits per heavy atom. The van der Waals surface area contributed by atoms with Crippen molar-refractivity contribution in [2.45, 2.75) is 19.4 Å². The third-order valence-corrected chi connectivity index (χ3v) is 6.12. The van der Waals surface area contributed by atoms with Crippen LogP contribution in [-0.2, 0) is 6.42 Å². The summed E-state index contributed by atoms with van der Waals surface area (Å²) in [6, 6.07) is 28.4. The molecule has 2 nitrogen and oxygen atoms in total. The zero-order valence-electron chi connectivity index (χ0n) is 17.1. The van der Waals surface area contributed by atoms with Crippen molar-refractivity contribution in [3.05, 3.63) is 106 Å². The average Bonchev–Trinajstić information content (AvgIpc) is 2.76. The Morgan fingerprint density at radius 2 is 1.48 bits per heavy atom. The number of hydrogen-bond acceptors (Lipinski definition) is 2. The van der Waals surface area contributed by atoms with Crippen molar-refractivity contribution < 1.29 is 0 Å². The normalized spacial score (nSPS) is 16.6. The van der Waals surface area contributed by atoms with E-state index in [0.717, 1.165) is 44.2 Å². The topological polar surface area (TPSA) is 6.48 Å². The van der Waals surface area contributed by atoms with Crippen LogP contribution in [0.4, 0.5) is 0 Å². The first-order chi connectivity index (χ1) is 14.2. The molecule has 0 aromatic heterocycles. The van der Waals surface area contributed by atoms with Crippen LogP contribution in [0.3, 0.4) is 0 Å². The lowest BCUT2D eigenvalue weighted by Gasteiger charge is -2.40. The molecule has 0 radical (unpaired) electrons. The number of aryl methyl sites for hydroxylation is 1. The van der Waals surface area contributed by atoms with Crippen LogP contribution in [-0.4, -0.2) is 42.5 Å². The lowest BCUT2D eigenvalue weighted by Crippen LogP contribution is -2.48.